The van der Waals surface area contributed by atoms with Crippen LogP contribution < -0.4 is 27.1 Å². The van der Waals surface area contributed by atoms with Crippen molar-refractivity contribution >= 4 is 23.5 Å². The van der Waals surface area contributed by atoms with E-state index < -0.39 is 6.17 Å². The first kappa shape index (κ1) is 22.2. The van der Waals surface area contributed by atoms with Gasteiger partial charge in [-0.05, 0) is 38.9 Å². The van der Waals surface area contributed by atoms with Crippen molar-refractivity contribution in [1.82, 2.24) is 31.3 Å². The molecular weight excluding hydrogens is 410 g/mol. The number of carbonyl (C=O) groups excluding carboxylic acids is 2. The number of amides is 1. The Morgan fingerprint density at radius 3 is 2.70 bits per heavy atom. The third-order valence-electron chi connectivity index (χ3n) is 6.93. The summed E-state index contributed by atoms with van der Waals surface area (Å²) in [6.45, 7) is 4.65. The highest BCUT2D eigenvalue weighted by Crippen LogP contribution is 2.25. The van der Waals surface area contributed by atoms with E-state index in [1.807, 2.05) is 5.01 Å². The molecule has 0 bridgehead atoms. The summed E-state index contributed by atoms with van der Waals surface area (Å²) in [4.78, 5) is 27.5. The molecule has 6 unspecified atom stereocenters. The quantitative estimate of drug-likeness (QED) is 0.247. The minimum absolute atomic E-state index is 0.00606. The number of fused-ring (bicyclic) bond motifs is 1. The molecule has 6 atom stereocenters. The number of methoxy groups -OCH3 is 1. The molecule has 1 amide bonds. The van der Waals surface area contributed by atoms with E-state index in [4.69, 9.17) is 22.1 Å². The van der Waals surface area contributed by atoms with Crippen molar-refractivity contribution < 1.29 is 14.3 Å². The predicted molar refractivity (Wildman–Crippen MR) is 112 cm³/mol. The van der Waals surface area contributed by atoms with Gasteiger partial charge in [0.25, 0.3) is 0 Å². The summed E-state index contributed by atoms with van der Waals surface area (Å²) in [6.07, 6.45) is 1.96. The van der Waals surface area contributed by atoms with Crippen LogP contribution in [0.2, 0.25) is 0 Å². The molecule has 30 heavy (non-hydrogen) atoms. The summed E-state index contributed by atoms with van der Waals surface area (Å²) in [5, 5.41) is 12.0. The maximum atomic E-state index is 13.2. The minimum atomic E-state index is -0.449. The van der Waals surface area contributed by atoms with Gasteiger partial charge in [0, 0.05) is 25.7 Å². The van der Waals surface area contributed by atoms with Crippen LogP contribution in [-0.2, 0) is 14.3 Å². The maximum Gasteiger partial charge on any atom is 0.308 e. The first-order chi connectivity index (χ1) is 14.5. The molecule has 4 heterocycles. The molecule has 0 aromatic heterocycles. The van der Waals surface area contributed by atoms with Crippen molar-refractivity contribution in [3.63, 3.8) is 0 Å². The lowest BCUT2D eigenvalue weighted by molar-refractivity contribution is -0.147. The maximum absolute atomic E-state index is 13.2. The molecular formula is C19H34ClN7O3. The average Bonchev–Trinajstić information content (AvgIpc) is 3.08. The summed E-state index contributed by atoms with van der Waals surface area (Å²) >= 11 is 6.23. The van der Waals surface area contributed by atoms with E-state index in [-0.39, 0.29) is 47.3 Å². The van der Waals surface area contributed by atoms with Crippen molar-refractivity contribution in [2.45, 2.75) is 49.1 Å². The predicted octanol–water partition coefficient (Wildman–Crippen LogP) is -2.02. The number of hydrogen-bond donors (Lipinski definition) is 5. The van der Waals surface area contributed by atoms with Crippen LogP contribution in [0.25, 0.3) is 0 Å². The Labute approximate surface area is 182 Å². The molecule has 6 N–H and O–H groups in total. The number of piperidine rings is 2. The number of esters is 1. The number of nitrogens with one attached hydrogen (secondary N) is 4. The van der Waals surface area contributed by atoms with Gasteiger partial charge in [-0.3, -0.25) is 19.8 Å². The smallest absolute Gasteiger partial charge is 0.308 e. The lowest BCUT2D eigenvalue weighted by Gasteiger charge is -2.43. The average molecular weight is 444 g/mol. The van der Waals surface area contributed by atoms with Gasteiger partial charge in [0.15, 0.2) is 0 Å². The fourth-order valence-corrected chi connectivity index (χ4v) is 5.56. The number of halogens is 1. The fraction of sp³-hybridized carbons (Fsp3) is 0.895. The molecule has 4 rings (SSSR count). The molecule has 0 aromatic rings. The molecule has 0 aromatic carbocycles. The Balaban J connectivity index is 1.37. The second-order valence-corrected chi connectivity index (χ2v) is 9.41. The number of ether oxygens (including phenoxy) is 1. The zero-order valence-electron chi connectivity index (χ0n) is 17.5. The second-order valence-electron chi connectivity index (χ2n) is 8.79. The van der Waals surface area contributed by atoms with Crippen molar-refractivity contribution in [3.05, 3.63) is 0 Å². The molecule has 0 spiro atoms. The van der Waals surface area contributed by atoms with E-state index in [9.17, 15) is 9.59 Å². The number of nitrogens with two attached hydrogens (primary N) is 1. The number of hydrogen-bond acceptors (Lipinski definition) is 9. The number of hydrazine groups is 1. The third-order valence-corrected chi connectivity index (χ3v) is 7.22. The van der Waals surface area contributed by atoms with Crippen LogP contribution in [0.5, 0.6) is 0 Å². The van der Waals surface area contributed by atoms with E-state index >= 15 is 0 Å². The highest BCUT2D eigenvalue weighted by Gasteiger charge is 2.47. The lowest BCUT2D eigenvalue weighted by atomic mass is 9.91. The fourth-order valence-electron chi connectivity index (χ4n) is 5.32. The van der Waals surface area contributed by atoms with E-state index in [1.54, 1.807) is 0 Å². The minimum Gasteiger partial charge on any atom is -0.469 e. The number of alkyl halides is 1. The monoisotopic (exact) mass is 443 g/mol. The van der Waals surface area contributed by atoms with E-state index in [0.717, 1.165) is 45.4 Å². The molecule has 0 aliphatic carbocycles. The standard InChI is InChI=1S/C19H34ClN7O3/c1-30-19(29)11-3-6-26(7-4-11)14-2-5-22-9-13(14)24-18(28)15-16(21)25-27-10-12(20)8-23-17(15)27/h11-17,22-23,25H,2-10,21H2,1H3,(H,24,28). The van der Waals surface area contributed by atoms with Crippen molar-refractivity contribution in [1.29, 1.82) is 0 Å². The summed E-state index contributed by atoms with van der Waals surface area (Å²) in [6, 6.07) is 0.258. The first-order valence-corrected chi connectivity index (χ1v) is 11.4. The normalized spacial score (nSPS) is 38.8. The summed E-state index contributed by atoms with van der Waals surface area (Å²) in [7, 11) is 1.45. The van der Waals surface area contributed by atoms with Crippen LogP contribution >= 0.6 is 11.6 Å². The SMILES string of the molecule is COC(=O)C1CCN(C2CCNCC2NC(=O)C2C(N)NN3CC(Cl)CNC23)CC1. The van der Waals surface area contributed by atoms with Crippen molar-refractivity contribution in [2.24, 2.45) is 17.6 Å². The molecule has 0 saturated carbocycles. The van der Waals surface area contributed by atoms with Gasteiger partial charge in [-0.25, -0.2) is 10.4 Å². The molecule has 4 aliphatic heterocycles. The Hall–Kier alpha value is -1.01. The zero-order chi connectivity index (χ0) is 21.3. The highest BCUT2D eigenvalue weighted by atomic mass is 35.5. The zero-order valence-corrected chi connectivity index (χ0v) is 18.2. The number of rotatable bonds is 4. The van der Waals surface area contributed by atoms with Crippen LogP contribution in [-0.4, -0.2) is 98.0 Å². The van der Waals surface area contributed by atoms with Gasteiger partial charge in [0.2, 0.25) is 5.91 Å². The van der Waals surface area contributed by atoms with Gasteiger partial charge < -0.3 is 21.1 Å². The topological polar surface area (TPSA) is 124 Å². The summed E-state index contributed by atoms with van der Waals surface area (Å²) in [5.74, 6) is -0.554. The van der Waals surface area contributed by atoms with E-state index in [0.29, 0.717) is 13.1 Å². The third kappa shape index (κ3) is 4.59. The van der Waals surface area contributed by atoms with Crippen molar-refractivity contribution in [2.75, 3.05) is 46.4 Å². The summed E-state index contributed by atoms with van der Waals surface area (Å²) < 4.78 is 4.90. The molecule has 4 aliphatic rings. The Bertz CT molecular complexity index is 633. The Morgan fingerprint density at radius 1 is 1.20 bits per heavy atom. The van der Waals surface area contributed by atoms with Crippen LogP contribution in [0.15, 0.2) is 0 Å². The van der Waals surface area contributed by atoms with Gasteiger partial charge in [-0.2, -0.15) is 0 Å². The number of nitrogens with zero attached hydrogens (tertiary/aromatic N) is 2. The van der Waals surface area contributed by atoms with Gasteiger partial charge >= 0.3 is 5.97 Å². The van der Waals surface area contributed by atoms with Crippen LogP contribution in [0.4, 0.5) is 0 Å². The van der Waals surface area contributed by atoms with Crippen LogP contribution in [0.1, 0.15) is 19.3 Å². The van der Waals surface area contributed by atoms with Gasteiger partial charge in [0.1, 0.15) is 0 Å². The number of likely N-dealkylation sites (tertiary alicyclic amines) is 1. The first-order valence-electron chi connectivity index (χ1n) is 11.0. The van der Waals surface area contributed by atoms with Gasteiger partial charge in [-0.15, -0.1) is 11.6 Å². The van der Waals surface area contributed by atoms with E-state index in [1.165, 1.54) is 7.11 Å². The highest BCUT2D eigenvalue weighted by molar-refractivity contribution is 6.21. The molecule has 170 valence electrons. The molecule has 10 nitrogen and oxygen atoms in total. The van der Waals surface area contributed by atoms with Gasteiger partial charge in [-0.1, -0.05) is 0 Å². The van der Waals surface area contributed by atoms with Crippen LogP contribution in [0, 0.1) is 11.8 Å². The molecule has 4 fully saturated rings. The molecule has 11 heteroatoms. The lowest BCUT2D eigenvalue weighted by Crippen LogP contribution is -2.63. The van der Waals surface area contributed by atoms with Crippen molar-refractivity contribution in [3.8, 4) is 0 Å². The largest absolute Gasteiger partial charge is 0.469 e. The number of carbonyl (C=O) groups is 2. The Kier molecular flexibility index (Phi) is 7.13. The summed E-state index contributed by atoms with van der Waals surface area (Å²) in [5.41, 5.74) is 9.44. The van der Waals surface area contributed by atoms with E-state index in [2.05, 4.69) is 26.3 Å². The Morgan fingerprint density at radius 2 is 1.97 bits per heavy atom. The molecule has 4 saturated heterocycles. The molecule has 0 radical (unpaired) electrons. The van der Waals surface area contributed by atoms with Crippen LogP contribution in [0.3, 0.4) is 0 Å². The second kappa shape index (κ2) is 9.64. The van der Waals surface area contributed by atoms with Gasteiger partial charge in [0.05, 0.1) is 42.7 Å².